The number of hydrogen-bond donors (Lipinski definition) is 2. The van der Waals surface area contributed by atoms with Gasteiger partial charge in [-0.3, -0.25) is 4.79 Å². The summed E-state index contributed by atoms with van der Waals surface area (Å²) in [6.07, 6.45) is 1.48. The van der Waals surface area contributed by atoms with Crippen molar-refractivity contribution in [2.75, 3.05) is 26.9 Å². The van der Waals surface area contributed by atoms with Crippen molar-refractivity contribution in [2.24, 2.45) is 0 Å². The summed E-state index contributed by atoms with van der Waals surface area (Å²) in [5.74, 6) is -1.47. The number of carboxylic acid groups (broad SMARTS) is 1. The minimum Gasteiger partial charge on any atom is -0.479 e. The Morgan fingerprint density at radius 1 is 1.45 bits per heavy atom. The van der Waals surface area contributed by atoms with E-state index in [0.717, 1.165) is 25.9 Å². The van der Waals surface area contributed by atoms with Gasteiger partial charge >= 0.3 is 5.97 Å². The van der Waals surface area contributed by atoms with Crippen molar-refractivity contribution in [3.8, 4) is 0 Å². The van der Waals surface area contributed by atoms with Crippen molar-refractivity contribution in [3.05, 3.63) is 0 Å². The minimum absolute atomic E-state index is 0.0461. The van der Waals surface area contributed by atoms with Gasteiger partial charge in [0.05, 0.1) is 19.3 Å². The Hall–Kier alpha value is -1.18. The molecule has 0 aromatic carbocycles. The van der Waals surface area contributed by atoms with Gasteiger partial charge in [0.15, 0.2) is 6.10 Å². The van der Waals surface area contributed by atoms with Crippen LogP contribution in [-0.2, 0) is 23.8 Å². The first-order chi connectivity index (χ1) is 9.54. The van der Waals surface area contributed by atoms with Crippen molar-refractivity contribution in [1.29, 1.82) is 0 Å². The molecule has 3 atom stereocenters. The van der Waals surface area contributed by atoms with Crippen LogP contribution in [0.2, 0.25) is 0 Å². The highest BCUT2D eigenvalue weighted by atomic mass is 16.5. The van der Waals surface area contributed by atoms with Crippen LogP contribution in [0.1, 0.15) is 26.2 Å². The number of carbonyl (C=O) groups excluding carboxylic acids is 1. The van der Waals surface area contributed by atoms with Crippen molar-refractivity contribution < 1.29 is 28.9 Å². The smallest absolute Gasteiger partial charge is 0.334 e. The summed E-state index contributed by atoms with van der Waals surface area (Å²) in [6.45, 7) is 2.66. The molecule has 7 heteroatoms. The number of carbonyl (C=O) groups is 2. The molecule has 0 radical (unpaired) electrons. The van der Waals surface area contributed by atoms with Crippen molar-refractivity contribution in [3.63, 3.8) is 0 Å². The number of aliphatic carboxylic acids is 1. The summed E-state index contributed by atoms with van der Waals surface area (Å²) in [5.41, 5.74) is 0. The molecule has 20 heavy (non-hydrogen) atoms. The van der Waals surface area contributed by atoms with Crippen LogP contribution in [0.4, 0.5) is 0 Å². The first-order valence-electron chi connectivity index (χ1n) is 6.81. The second-order valence-corrected chi connectivity index (χ2v) is 4.77. The van der Waals surface area contributed by atoms with E-state index in [4.69, 9.17) is 19.3 Å². The quantitative estimate of drug-likeness (QED) is 0.662. The second kappa shape index (κ2) is 8.89. The first-order valence-corrected chi connectivity index (χ1v) is 6.81. The van der Waals surface area contributed by atoms with Gasteiger partial charge in [-0.2, -0.15) is 0 Å². The SMILES string of the molecule is COC(CNC(=O)C(C)OCC1CCCCO1)C(=O)O. The molecule has 7 nitrogen and oxygen atoms in total. The summed E-state index contributed by atoms with van der Waals surface area (Å²) in [6, 6.07) is 0. The normalized spacial score (nSPS) is 22.0. The van der Waals surface area contributed by atoms with Crippen molar-refractivity contribution in [2.45, 2.75) is 44.5 Å². The molecule has 2 N–H and O–H groups in total. The fourth-order valence-corrected chi connectivity index (χ4v) is 1.87. The molecule has 1 aliphatic rings. The lowest BCUT2D eigenvalue weighted by Crippen LogP contribution is -2.43. The van der Waals surface area contributed by atoms with Gasteiger partial charge in [-0.15, -0.1) is 0 Å². The van der Waals surface area contributed by atoms with E-state index in [2.05, 4.69) is 5.32 Å². The van der Waals surface area contributed by atoms with Gasteiger partial charge in [0.2, 0.25) is 5.91 Å². The van der Waals surface area contributed by atoms with E-state index in [1.165, 1.54) is 7.11 Å². The molecule has 0 aromatic heterocycles. The molecular formula is C13H23NO6. The Balaban J connectivity index is 2.22. The predicted molar refractivity (Wildman–Crippen MR) is 70.4 cm³/mol. The molecule has 1 amide bonds. The molecule has 0 bridgehead atoms. The third-order valence-electron chi connectivity index (χ3n) is 3.20. The Morgan fingerprint density at radius 2 is 2.20 bits per heavy atom. The van der Waals surface area contributed by atoms with Gasteiger partial charge in [0, 0.05) is 13.7 Å². The third kappa shape index (κ3) is 5.85. The van der Waals surface area contributed by atoms with Crippen LogP contribution in [0.5, 0.6) is 0 Å². The predicted octanol–water partition coefficient (Wildman–Crippen LogP) is 0.176. The van der Waals surface area contributed by atoms with Crippen LogP contribution in [0.3, 0.4) is 0 Å². The highest BCUT2D eigenvalue weighted by molar-refractivity contribution is 5.81. The zero-order valence-corrected chi connectivity index (χ0v) is 12.0. The summed E-state index contributed by atoms with van der Waals surface area (Å²) in [5, 5.41) is 11.3. The average molecular weight is 289 g/mol. The topological polar surface area (TPSA) is 94.1 Å². The van der Waals surface area contributed by atoms with Gasteiger partial charge in [-0.1, -0.05) is 0 Å². The van der Waals surface area contributed by atoms with Crippen LogP contribution < -0.4 is 5.32 Å². The monoisotopic (exact) mass is 289 g/mol. The van der Waals surface area contributed by atoms with E-state index < -0.39 is 18.2 Å². The summed E-state index contributed by atoms with van der Waals surface area (Å²) in [7, 11) is 1.28. The summed E-state index contributed by atoms with van der Waals surface area (Å²) >= 11 is 0. The highest BCUT2D eigenvalue weighted by Gasteiger charge is 2.21. The lowest BCUT2D eigenvalue weighted by Gasteiger charge is -2.24. The molecular weight excluding hydrogens is 266 g/mol. The molecule has 0 aliphatic carbocycles. The van der Waals surface area contributed by atoms with Gasteiger partial charge in [-0.25, -0.2) is 4.79 Å². The number of carboxylic acids is 1. The zero-order chi connectivity index (χ0) is 15.0. The van der Waals surface area contributed by atoms with E-state index >= 15 is 0 Å². The van der Waals surface area contributed by atoms with E-state index in [1.807, 2.05) is 0 Å². The Morgan fingerprint density at radius 3 is 2.75 bits per heavy atom. The largest absolute Gasteiger partial charge is 0.479 e. The maximum Gasteiger partial charge on any atom is 0.334 e. The van der Waals surface area contributed by atoms with E-state index in [1.54, 1.807) is 6.92 Å². The standard InChI is InChI=1S/C13H23NO6/c1-9(20-8-10-5-3-4-6-19-10)12(15)14-7-11(18-2)13(16)17/h9-11H,3-8H2,1-2H3,(H,14,15)(H,16,17). The van der Waals surface area contributed by atoms with Crippen LogP contribution in [-0.4, -0.2) is 62.2 Å². The Bertz CT molecular complexity index is 316. The maximum atomic E-state index is 11.7. The first kappa shape index (κ1) is 16.9. The zero-order valence-electron chi connectivity index (χ0n) is 12.0. The molecule has 1 aliphatic heterocycles. The number of amides is 1. The molecule has 1 saturated heterocycles. The fraction of sp³-hybridized carbons (Fsp3) is 0.846. The van der Waals surface area contributed by atoms with Crippen LogP contribution in [0.15, 0.2) is 0 Å². The Labute approximate surface area is 118 Å². The van der Waals surface area contributed by atoms with E-state index in [0.29, 0.717) is 6.61 Å². The molecule has 1 fully saturated rings. The number of ether oxygens (including phenoxy) is 3. The molecule has 116 valence electrons. The molecule has 1 heterocycles. The number of hydrogen-bond acceptors (Lipinski definition) is 5. The van der Waals surface area contributed by atoms with Crippen LogP contribution in [0, 0.1) is 0 Å². The van der Waals surface area contributed by atoms with Gasteiger partial charge in [0.1, 0.15) is 6.10 Å². The van der Waals surface area contributed by atoms with Gasteiger partial charge < -0.3 is 24.6 Å². The molecule has 0 aromatic rings. The lowest BCUT2D eigenvalue weighted by atomic mass is 10.1. The molecule has 0 saturated carbocycles. The Kier molecular flexibility index (Phi) is 7.50. The van der Waals surface area contributed by atoms with Gasteiger partial charge in [-0.05, 0) is 26.2 Å². The fourth-order valence-electron chi connectivity index (χ4n) is 1.87. The summed E-state index contributed by atoms with van der Waals surface area (Å²) < 4.78 is 15.7. The number of nitrogens with one attached hydrogen (secondary N) is 1. The van der Waals surface area contributed by atoms with E-state index in [-0.39, 0.29) is 18.6 Å². The lowest BCUT2D eigenvalue weighted by molar-refractivity contribution is -0.148. The molecule has 3 unspecified atom stereocenters. The van der Waals surface area contributed by atoms with E-state index in [9.17, 15) is 9.59 Å². The van der Waals surface area contributed by atoms with Crippen LogP contribution >= 0.6 is 0 Å². The maximum absolute atomic E-state index is 11.7. The molecule has 1 rings (SSSR count). The van der Waals surface area contributed by atoms with Crippen LogP contribution in [0.25, 0.3) is 0 Å². The summed E-state index contributed by atoms with van der Waals surface area (Å²) in [4.78, 5) is 22.5. The van der Waals surface area contributed by atoms with Gasteiger partial charge in [0.25, 0.3) is 0 Å². The number of methoxy groups -OCH3 is 1. The number of rotatable bonds is 8. The average Bonchev–Trinajstić information content (AvgIpc) is 2.45. The van der Waals surface area contributed by atoms with Crippen molar-refractivity contribution in [1.82, 2.24) is 5.32 Å². The molecule has 0 spiro atoms. The second-order valence-electron chi connectivity index (χ2n) is 4.77. The van der Waals surface area contributed by atoms with Crippen molar-refractivity contribution >= 4 is 11.9 Å². The highest BCUT2D eigenvalue weighted by Crippen LogP contribution is 2.13. The minimum atomic E-state index is -1.11. The third-order valence-corrected chi connectivity index (χ3v) is 3.20.